The molecular formula is C28H21N2O4P. The first-order chi connectivity index (χ1) is 17.1. The molecule has 6 nitrogen and oxygen atoms in total. The van der Waals surface area contributed by atoms with Crippen molar-refractivity contribution in [3.63, 3.8) is 0 Å². The maximum atomic E-state index is 14.0. The van der Waals surface area contributed by atoms with Crippen molar-refractivity contribution in [1.29, 1.82) is 0 Å². The molecule has 0 spiro atoms. The summed E-state index contributed by atoms with van der Waals surface area (Å²) < 4.78 is 2.99. The van der Waals surface area contributed by atoms with Crippen molar-refractivity contribution < 1.29 is 10.2 Å². The second kappa shape index (κ2) is 8.26. The van der Waals surface area contributed by atoms with E-state index < -0.39 is 19.5 Å². The Balaban J connectivity index is 1.80. The Hall–Kier alpha value is -4.15. The molecule has 172 valence electrons. The molecule has 1 aliphatic rings. The zero-order chi connectivity index (χ0) is 24.1. The minimum absolute atomic E-state index is 0.0536. The molecule has 5 aromatic rings. The van der Waals surface area contributed by atoms with Crippen LogP contribution in [0, 0.1) is 0 Å². The summed E-state index contributed by atoms with van der Waals surface area (Å²) in [6.45, 7) is 0. The van der Waals surface area contributed by atoms with Gasteiger partial charge in [-0.1, -0.05) is 78.9 Å². The van der Waals surface area contributed by atoms with Crippen molar-refractivity contribution >= 4 is 24.0 Å². The second-order valence-corrected chi connectivity index (χ2v) is 10.8. The van der Waals surface area contributed by atoms with Gasteiger partial charge in [0, 0.05) is 11.1 Å². The van der Waals surface area contributed by atoms with Gasteiger partial charge >= 0.3 is 0 Å². The third-order valence-corrected chi connectivity index (χ3v) is 9.45. The number of phenols is 2. The van der Waals surface area contributed by atoms with E-state index >= 15 is 0 Å². The first kappa shape index (κ1) is 21.4. The molecule has 1 aromatic heterocycles. The first-order valence-corrected chi connectivity index (χ1v) is 12.7. The lowest BCUT2D eigenvalue weighted by atomic mass is 10.1. The van der Waals surface area contributed by atoms with Crippen molar-refractivity contribution in [2.24, 2.45) is 0 Å². The fourth-order valence-corrected chi connectivity index (χ4v) is 8.27. The molecule has 2 N–H and O–H groups in total. The van der Waals surface area contributed by atoms with Gasteiger partial charge in [0.05, 0.1) is 10.8 Å². The Morgan fingerprint density at radius 1 is 0.543 bits per heavy atom. The quantitative estimate of drug-likeness (QED) is 0.373. The highest BCUT2D eigenvalue weighted by molar-refractivity contribution is 7.66. The molecule has 0 bridgehead atoms. The zero-order valence-corrected chi connectivity index (χ0v) is 19.4. The highest BCUT2D eigenvalue weighted by Crippen LogP contribution is 2.66. The van der Waals surface area contributed by atoms with Gasteiger partial charge in [-0.25, -0.2) is 9.36 Å². The van der Waals surface area contributed by atoms with Crippen LogP contribution < -0.4 is 16.4 Å². The topological polar surface area (TPSA) is 84.5 Å². The average molecular weight is 480 g/mol. The van der Waals surface area contributed by atoms with Gasteiger partial charge in [0.15, 0.2) is 0 Å². The number of fused-ring (bicyclic) bond motifs is 2. The second-order valence-electron chi connectivity index (χ2n) is 8.45. The molecule has 7 heteroatoms. The number of phenolic OH excluding ortho intramolecular Hbond substituents is 2. The Morgan fingerprint density at radius 3 is 1.40 bits per heavy atom. The maximum absolute atomic E-state index is 14.0. The summed E-state index contributed by atoms with van der Waals surface area (Å²) in [7, 11) is -1.37. The number of benzene rings is 4. The smallest absolute Gasteiger partial charge is 0.274 e. The van der Waals surface area contributed by atoms with Gasteiger partial charge in [0.1, 0.15) is 23.1 Å². The number of aromatic nitrogens is 2. The summed E-state index contributed by atoms with van der Waals surface area (Å²) in [6, 6.07) is 30.4. The molecular weight excluding hydrogens is 459 g/mol. The van der Waals surface area contributed by atoms with Gasteiger partial charge in [-0.2, -0.15) is 0 Å². The van der Waals surface area contributed by atoms with Gasteiger partial charge in [-0.15, -0.1) is 0 Å². The summed E-state index contributed by atoms with van der Waals surface area (Å²) >= 11 is 0. The van der Waals surface area contributed by atoms with Crippen LogP contribution in [0.25, 0.3) is 10.8 Å². The van der Waals surface area contributed by atoms with E-state index in [2.05, 4.69) is 0 Å². The normalized spacial score (nSPS) is 17.5. The van der Waals surface area contributed by atoms with Crippen LogP contribution in [0.3, 0.4) is 0 Å². The third kappa shape index (κ3) is 3.22. The van der Waals surface area contributed by atoms with E-state index in [-0.39, 0.29) is 22.6 Å². The number of nitrogens with zero attached hydrogens (tertiary/aromatic N) is 2. The predicted molar refractivity (Wildman–Crippen MR) is 138 cm³/mol. The standard InChI is InChI=1S/C28H21N2O4P/c31-23-16-8-6-14-21(23)27-29-25(33)19-12-4-5-13-20(19)26(34)30(29)28(22-15-7-9-17-24(22)32)35(27)18-10-2-1-3-11-18/h1-17,27-28,31-32H/t27-,28-/m1/s1. The number of hydrogen-bond acceptors (Lipinski definition) is 4. The molecule has 0 aliphatic carbocycles. The average Bonchev–Trinajstić information content (AvgIpc) is 3.24. The molecule has 0 saturated carbocycles. The number of para-hydroxylation sites is 2. The molecule has 6 rings (SSSR count). The fraction of sp³-hybridized carbons (Fsp3) is 0.0714. The van der Waals surface area contributed by atoms with Crippen LogP contribution in [0.1, 0.15) is 22.7 Å². The SMILES string of the molecule is O=c1c2ccccc2c(=O)n2n1[C@@H](c1ccccc1O)P(c1ccccc1)[C@@H]2c1ccccc1O. The van der Waals surface area contributed by atoms with Crippen LogP contribution in [0.2, 0.25) is 0 Å². The van der Waals surface area contributed by atoms with Crippen LogP contribution in [0.15, 0.2) is 113 Å². The van der Waals surface area contributed by atoms with E-state index in [0.717, 1.165) is 5.30 Å². The minimum Gasteiger partial charge on any atom is -0.508 e. The Bertz CT molecular complexity index is 1590. The molecule has 2 atom stereocenters. The van der Waals surface area contributed by atoms with Gasteiger partial charge in [-0.05, 0) is 37.5 Å². The Labute approximate surface area is 201 Å². The molecule has 0 unspecified atom stereocenters. The van der Waals surface area contributed by atoms with Gasteiger partial charge in [-0.3, -0.25) is 9.59 Å². The van der Waals surface area contributed by atoms with E-state index in [9.17, 15) is 19.8 Å². The lowest BCUT2D eigenvalue weighted by Gasteiger charge is -2.26. The minimum atomic E-state index is -1.37. The van der Waals surface area contributed by atoms with Crippen molar-refractivity contribution in [2.45, 2.75) is 11.6 Å². The molecule has 0 radical (unpaired) electrons. The lowest BCUT2D eigenvalue weighted by molar-refractivity contribution is 0.439. The summed E-state index contributed by atoms with van der Waals surface area (Å²) in [6.07, 6.45) is 0. The van der Waals surface area contributed by atoms with Gasteiger partial charge in [0.2, 0.25) is 0 Å². The molecule has 2 heterocycles. The predicted octanol–water partition coefficient (Wildman–Crippen LogP) is 4.49. The Morgan fingerprint density at radius 2 is 0.943 bits per heavy atom. The number of aromatic hydroxyl groups is 2. The van der Waals surface area contributed by atoms with E-state index in [4.69, 9.17) is 0 Å². The van der Waals surface area contributed by atoms with E-state index in [1.807, 2.05) is 42.5 Å². The van der Waals surface area contributed by atoms with E-state index in [1.165, 1.54) is 9.36 Å². The first-order valence-electron chi connectivity index (χ1n) is 11.2. The number of rotatable bonds is 3. The van der Waals surface area contributed by atoms with Crippen LogP contribution in [-0.2, 0) is 0 Å². The Kier molecular flexibility index (Phi) is 5.05. The van der Waals surface area contributed by atoms with Crippen LogP contribution in [0.5, 0.6) is 11.5 Å². The summed E-state index contributed by atoms with van der Waals surface area (Å²) in [5.41, 5.74) is 0.501. The van der Waals surface area contributed by atoms with Gasteiger partial charge < -0.3 is 10.2 Å². The van der Waals surface area contributed by atoms with E-state index in [0.29, 0.717) is 21.9 Å². The highest BCUT2D eigenvalue weighted by Gasteiger charge is 2.46. The molecule has 35 heavy (non-hydrogen) atoms. The highest BCUT2D eigenvalue weighted by atomic mass is 31.1. The largest absolute Gasteiger partial charge is 0.508 e. The number of hydrogen-bond donors (Lipinski definition) is 2. The summed E-state index contributed by atoms with van der Waals surface area (Å²) in [5, 5.41) is 23.4. The van der Waals surface area contributed by atoms with Crippen LogP contribution in [-0.4, -0.2) is 19.6 Å². The van der Waals surface area contributed by atoms with Crippen LogP contribution in [0.4, 0.5) is 0 Å². The third-order valence-electron chi connectivity index (χ3n) is 6.51. The zero-order valence-electron chi connectivity index (χ0n) is 18.5. The molecule has 4 aromatic carbocycles. The lowest BCUT2D eigenvalue weighted by Crippen LogP contribution is -2.37. The van der Waals surface area contributed by atoms with Crippen molar-refractivity contribution in [3.8, 4) is 11.5 Å². The monoisotopic (exact) mass is 480 g/mol. The molecule has 0 amide bonds. The van der Waals surface area contributed by atoms with Crippen molar-refractivity contribution in [1.82, 2.24) is 9.36 Å². The summed E-state index contributed by atoms with van der Waals surface area (Å²) in [4.78, 5) is 28.0. The van der Waals surface area contributed by atoms with Crippen LogP contribution >= 0.6 is 7.92 Å². The molecule has 0 saturated heterocycles. The molecule has 1 aliphatic heterocycles. The fourth-order valence-electron chi connectivity index (χ4n) is 4.98. The maximum Gasteiger partial charge on any atom is 0.274 e. The van der Waals surface area contributed by atoms with E-state index in [1.54, 1.807) is 60.7 Å². The van der Waals surface area contributed by atoms with Crippen molar-refractivity contribution in [2.75, 3.05) is 0 Å². The van der Waals surface area contributed by atoms with Crippen molar-refractivity contribution in [3.05, 3.63) is 135 Å². The molecule has 0 fully saturated rings. The summed E-state index contributed by atoms with van der Waals surface area (Å²) in [5.74, 6) is -1.14. The van der Waals surface area contributed by atoms with Gasteiger partial charge in [0.25, 0.3) is 11.1 Å².